The van der Waals surface area contributed by atoms with Gasteiger partial charge in [0, 0.05) is 6.07 Å². The minimum absolute atomic E-state index is 0.111. The zero-order valence-corrected chi connectivity index (χ0v) is 15.8. The Morgan fingerprint density at radius 1 is 1.43 bits per heavy atom. The van der Waals surface area contributed by atoms with Crippen molar-refractivity contribution in [1.82, 2.24) is 10.5 Å². The molecule has 0 aromatic carbocycles. The summed E-state index contributed by atoms with van der Waals surface area (Å²) in [6, 6.07) is 1.73. The first kappa shape index (κ1) is 17.8. The molecule has 150 valence electrons. The number of morpholine rings is 1. The second kappa shape index (κ2) is 6.68. The highest BCUT2D eigenvalue weighted by molar-refractivity contribution is 6.02. The van der Waals surface area contributed by atoms with Crippen LogP contribution in [0.4, 0.5) is 5.82 Å². The third kappa shape index (κ3) is 2.76. The van der Waals surface area contributed by atoms with Crippen LogP contribution in [0.1, 0.15) is 5.76 Å². The molecule has 4 atom stereocenters. The Labute approximate surface area is 162 Å². The number of hydrogen-bond acceptors (Lipinski definition) is 6. The minimum Gasteiger partial charge on any atom is -0.370 e. The van der Waals surface area contributed by atoms with Crippen LogP contribution >= 0.6 is 0 Å². The highest BCUT2D eigenvalue weighted by atomic mass is 16.5. The number of rotatable bonds is 5. The Kier molecular flexibility index (Phi) is 4.26. The van der Waals surface area contributed by atoms with Gasteiger partial charge in [-0.1, -0.05) is 17.3 Å². The van der Waals surface area contributed by atoms with E-state index in [1.165, 1.54) is 4.90 Å². The number of fused-ring (bicyclic) bond motifs is 1. The molecule has 5 rings (SSSR count). The van der Waals surface area contributed by atoms with Crippen LogP contribution in [0.5, 0.6) is 0 Å². The summed E-state index contributed by atoms with van der Waals surface area (Å²) in [6.07, 6.45) is 3.51. The smallest absolute Gasteiger partial charge is 0.235 e. The van der Waals surface area contributed by atoms with Crippen molar-refractivity contribution in [3.8, 4) is 0 Å². The van der Waals surface area contributed by atoms with Gasteiger partial charge in [-0.2, -0.15) is 0 Å². The van der Waals surface area contributed by atoms with Gasteiger partial charge in [0.2, 0.25) is 11.8 Å². The number of carbonyl (C=O) groups excluding carboxylic acids is 2. The number of amides is 2. The summed E-state index contributed by atoms with van der Waals surface area (Å²) in [7, 11) is 0. The van der Waals surface area contributed by atoms with Crippen molar-refractivity contribution in [3.05, 3.63) is 24.0 Å². The molecule has 3 fully saturated rings. The molecule has 0 unspecified atom stereocenters. The fraction of sp³-hybridized carbons (Fsp3) is 0.632. The molecule has 3 saturated heterocycles. The van der Waals surface area contributed by atoms with Gasteiger partial charge in [-0.15, -0.1) is 0 Å². The maximum Gasteiger partial charge on any atom is 0.235 e. The monoisotopic (exact) mass is 389 g/mol. The average molecular weight is 389 g/mol. The number of aromatic nitrogens is 1. The molecule has 2 bridgehead atoms. The minimum atomic E-state index is -0.744. The molecule has 5 heterocycles. The van der Waals surface area contributed by atoms with Crippen LogP contribution in [0.2, 0.25) is 0 Å². The lowest BCUT2D eigenvalue weighted by Gasteiger charge is -2.25. The zero-order chi connectivity index (χ0) is 19.3. The quantitative estimate of drug-likeness (QED) is 0.583. The van der Waals surface area contributed by atoms with E-state index in [1.54, 1.807) is 17.9 Å². The summed E-state index contributed by atoms with van der Waals surface area (Å²) in [5.74, 6) is -0.148. The third-order valence-electron chi connectivity index (χ3n) is 6.27. The first-order valence-electron chi connectivity index (χ1n) is 9.88. The van der Waals surface area contributed by atoms with Crippen molar-refractivity contribution >= 4 is 17.6 Å². The van der Waals surface area contributed by atoms with Crippen LogP contribution in [-0.4, -0.2) is 74.6 Å². The van der Waals surface area contributed by atoms with Gasteiger partial charge >= 0.3 is 0 Å². The Morgan fingerprint density at radius 2 is 2.25 bits per heavy atom. The largest absolute Gasteiger partial charge is 0.370 e. The number of anilines is 1. The summed E-state index contributed by atoms with van der Waals surface area (Å²) in [5.41, 5.74) is -0.744. The summed E-state index contributed by atoms with van der Waals surface area (Å²) in [6.45, 7) is 7.04. The van der Waals surface area contributed by atoms with Crippen LogP contribution in [0.15, 0.2) is 22.7 Å². The van der Waals surface area contributed by atoms with E-state index in [9.17, 15) is 9.59 Å². The van der Waals surface area contributed by atoms with Crippen molar-refractivity contribution in [2.45, 2.75) is 18.6 Å². The van der Waals surface area contributed by atoms with Crippen molar-refractivity contribution in [1.29, 1.82) is 0 Å². The number of nitrogens with one attached hydrogen (secondary N) is 2. The van der Waals surface area contributed by atoms with E-state index >= 15 is 0 Å². The van der Waals surface area contributed by atoms with Crippen molar-refractivity contribution in [3.63, 3.8) is 0 Å². The molecule has 1 aromatic heterocycles. The van der Waals surface area contributed by atoms with Gasteiger partial charge in [0.15, 0.2) is 5.82 Å². The lowest BCUT2D eigenvalue weighted by atomic mass is 9.77. The summed E-state index contributed by atoms with van der Waals surface area (Å²) < 4.78 is 16.6. The van der Waals surface area contributed by atoms with Crippen LogP contribution in [-0.2, 0) is 19.1 Å². The van der Waals surface area contributed by atoms with Gasteiger partial charge in [0.1, 0.15) is 24.5 Å². The number of hydrogen-bond donors (Lipinski definition) is 2. The fourth-order valence-electron chi connectivity index (χ4n) is 4.86. The Hall–Kier alpha value is -2.23. The number of quaternary nitrogens is 1. The van der Waals surface area contributed by atoms with E-state index in [4.69, 9.17) is 14.0 Å². The summed E-state index contributed by atoms with van der Waals surface area (Å²) >= 11 is 0. The molecule has 0 aliphatic carbocycles. The van der Waals surface area contributed by atoms with E-state index in [0.717, 1.165) is 32.8 Å². The maximum atomic E-state index is 13.1. The number of aryl methyl sites for hydroxylation is 1. The molecule has 0 radical (unpaired) electrons. The van der Waals surface area contributed by atoms with Gasteiger partial charge in [0.25, 0.3) is 0 Å². The van der Waals surface area contributed by atoms with Crippen molar-refractivity contribution in [2.75, 3.05) is 50.8 Å². The molecule has 0 saturated carbocycles. The van der Waals surface area contributed by atoms with E-state index in [0.29, 0.717) is 24.7 Å². The number of nitrogens with zero attached hydrogens (tertiary/aromatic N) is 2. The van der Waals surface area contributed by atoms with E-state index in [2.05, 4.69) is 10.5 Å². The molecule has 28 heavy (non-hydrogen) atoms. The van der Waals surface area contributed by atoms with E-state index < -0.39 is 17.4 Å². The van der Waals surface area contributed by atoms with Crippen LogP contribution in [0.25, 0.3) is 0 Å². The van der Waals surface area contributed by atoms with E-state index in [-0.39, 0.29) is 17.9 Å². The highest BCUT2D eigenvalue weighted by Crippen LogP contribution is 2.52. The predicted molar refractivity (Wildman–Crippen MR) is 96.7 cm³/mol. The lowest BCUT2D eigenvalue weighted by Crippen LogP contribution is -3.14. The van der Waals surface area contributed by atoms with Gasteiger partial charge in [-0.05, 0) is 6.92 Å². The Morgan fingerprint density at radius 3 is 3.00 bits per heavy atom. The molecule has 9 heteroatoms. The second-order valence-electron chi connectivity index (χ2n) is 8.02. The molecule has 4 aliphatic heterocycles. The molecule has 1 aromatic rings. The Bertz CT molecular complexity index is 817. The highest BCUT2D eigenvalue weighted by Gasteiger charge is 2.67. The van der Waals surface area contributed by atoms with Gasteiger partial charge in [-0.3, -0.25) is 14.5 Å². The summed E-state index contributed by atoms with van der Waals surface area (Å²) in [5, 5.41) is 6.99. The first-order valence-corrected chi connectivity index (χ1v) is 9.88. The van der Waals surface area contributed by atoms with Crippen molar-refractivity contribution < 1.29 is 28.5 Å². The standard InChI is InChI=1S/C19H24N4O5/c1-12-10-14(21-28-12)23-11-19-3-2-13(27-19)15(16(19)18(23)25)17(24)20-4-5-22-6-8-26-9-7-22/h2-3,10,13,15-16H,4-9,11H2,1H3,(H,20,24)/p+1/t13-,15+,16+,19+/m0/s1. The zero-order valence-electron chi connectivity index (χ0n) is 15.8. The molecule has 4 aliphatic rings. The van der Waals surface area contributed by atoms with E-state index in [1.807, 2.05) is 12.2 Å². The fourth-order valence-corrected chi connectivity index (χ4v) is 4.86. The molecule has 9 nitrogen and oxygen atoms in total. The average Bonchev–Trinajstić information content (AvgIpc) is 3.44. The van der Waals surface area contributed by atoms with Gasteiger partial charge in [0.05, 0.1) is 50.8 Å². The SMILES string of the molecule is Cc1cc(N2C[C@@]34C=C[C@H](O3)[C@@H](C(=O)NCC[NH+]3CCOCC3)[C@@H]4C2=O)no1. The molecular formula is C19H25N4O5+. The number of carbonyl (C=O) groups is 2. The Balaban J connectivity index is 1.27. The van der Waals surface area contributed by atoms with Crippen LogP contribution < -0.4 is 15.1 Å². The maximum absolute atomic E-state index is 13.1. The van der Waals surface area contributed by atoms with Crippen molar-refractivity contribution in [2.24, 2.45) is 11.8 Å². The van der Waals surface area contributed by atoms with Gasteiger partial charge in [-0.25, -0.2) is 0 Å². The topological polar surface area (TPSA) is 98.3 Å². The lowest BCUT2D eigenvalue weighted by molar-refractivity contribution is -0.906. The third-order valence-corrected chi connectivity index (χ3v) is 6.27. The van der Waals surface area contributed by atoms with Crippen LogP contribution in [0.3, 0.4) is 0 Å². The molecule has 1 spiro atoms. The van der Waals surface area contributed by atoms with Crippen LogP contribution in [0, 0.1) is 18.8 Å². The second-order valence-corrected chi connectivity index (χ2v) is 8.02. The summed E-state index contributed by atoms with van der Waals surface area (Å²) in [4.78, 5) is 29.1. The normalized spacial score (nSPS) is 34.2. The first-order chi connectivity index (χ1) is 13.6. The molecule has 2 N–H and O–H groups in total. The predicted octanol–water partition coefficient (Wildman–Crippen LogP) is -1.70. The molecule has 2 amide bonds. The van der Waals surface area contributed by atoms with Gasteiger partial charge < -0.3 is 24.2 Å². The number of ether oxygens (including phenoxy) is 2. The molecular weight excluding hydrogens is 364 g/mol.